The largest absolute Gasteiger partial charge is 0.464 e. The van der Waals surface area contributed by atoms with Crippen molar-refractivity contribution in [3.63, 3.8) is 0 Å². The minimum Gasteiger partial charge on any atom is -0.464 e. The van der Waals surface area contributed by atoms with E-state index >= 15 is 0 Å². The van der Waals surface area contributed by atoms with Gasteiger partial charge in [0.15, 0.2) is 0 Å². The van der Waals surface area contributed by atoms with Crippen LogP contribution in [0.1, 0.15) is 34.3 Å². The van der Waals surface area contributed by atoms with Crippen molar-refractivity contribution in [1.82, 2.24) is 10.2 Å². The molecule has 0 aliphatic carbocycles. The number of amides is 3. The van der Waals surface area contributed by atoms with Gasteiger partial charge in [-0.2, -0.15) is 0 Å². The van der Waals surface area contributed by atoms with Gasteiger partial charge in [0.05, 0.1) is 12.8 Å². The van der Waals surface area contributed by atoms with Crippen LogP contribution < -0.4 is 11.1 Å². The molecular weight excluding hydrogens is 298 g/mol. The summed E-state index contributed by atoms with van der Waals surface area (Å²) in [5.41, 5.74) is 8.55. The molecule has 2 aliphatic heterocycles. The van der Waals surface area contributed by atoms with E-state index in [-0.39, 0.29) is 18.2 Å². The van der Waals surface area contributed by atoms with E-state index in [1.807, 2.05) is 6.07 Å². The summed E-state index contributed by atoms with van der Waals surface area (Å²) in [6, 6.07) is 2.98. The summed E-state index contributed by atoms with van der Waals surface area (Å²) in [6.45, 7) is 0.602. The molecule has 1 fully saturated rings. The molecule has 2 aliphatic rings. The second-order valence-corrected chi connectivity index (χ2v) is 5.83. The molecule has 0 bridgehead atoms. The lowest BCUT2D eigenvalue weighted by atomic mass is 10.0. The SMILES string of the molecule is NCc1cc2c(c3occc13)CN(C1CCC(=O)NC1=O)C2=O. The van der Waals surface area contributed by atoms with Crippen molar-refractivity contribution in [1.29, 1.82) is 0 Å². The minimum absolute atomic E-state index is 0.220. The van der Waals surface area contributed by atoms with E-state index in [4.69, 9.17) is 10.2 Å². The third-order valence-electron chi connectivity index (χ3n) is 4.55. The highest BCUT2D eigenvalue weighted by molar-refractivity contribution is 6.07. The van der Waals surface area contributed by atoms with Crippen LogP contribution in [-0.4, -0.2) is 28.7 Å². The highest BCUT2D eigenvalue weighted by Gasteiger charge is 2.40. The van der Waals surface area contributed by atoms with E-state index in [1.165, 1.54) is 4.90 Å². The molecule has 1 aromatic heterocycles. The maximum absolute atomic E-state index is 12.7. The van der Waals surface area contributed by atoms with Gasteiger partial charge in [-0.1, -0.05) is 0 Å². The van der Waals surface area contributed by atoms with Gasteiger partial charge in [0.1, 0.15) is 11.6 Å². The molecular formula is C16H15N3O4. The Labute approximate surface area is 131 Å². The number of rotatable bonds is 2. The number of hydrogen-bond acceptors (Lipinski definition) is 5. The van der Waals surface area contributed by atoms with Crippen molar-refractivity contribution in [2.24, 2.45) is 5.73 Å². The number of hydrogen-bond donors (Lipinski definition) is 2. The highest BCUT2D eigenvalue weighted by Crippen LogP contribution is 2.35. The van der Waals surface area contributed by atoms with Crippen molar-refractivity contribution < 1.29 is 18.8 Å². The summed E-state index contributed by atoms with van der Waals surface area (Å²) in [7, 11) is 0. The number of piperidine rings is 1. The van der Waals surface area contributed by atoms with Gasteiger partial charge in [0, 0.05) is 29.5 Å². The molecule has 118 valence electrons. The molecule has 3 heterocycles. The van der Waals surface area contributed by atoms with E-state index in [1.54, 1.807) is 12.3 Å². The molecule has 4 rings (SSSR count). The van der Waals surface area contributed by atoms with Gasteiger partial charge in [0.25, 0.3) is 5.91 Å². The first-order valence-electron chi connectivity index (χ1n) is 7.47. The molecule has 1 atom stereocenters. The fourth-order valence-electron chi connectivity index (χ4n) is 3.40. The minimum atomic E-state index is -0.626. The van der Waals surface area contributed by atoms with Crippen LogP contribution in [-0.2, 0) is 22.7 Å². The Morgan fingerprint density at radius 3 is 2.91 bits per heavy atom. The average Bonchev–Trinajstić information content (AvgIpc) is 3.12. The topological polar surface area (TPSA) is 106 Å². The van der Waals surface area contributed by atoms with E-state index in [0.717, 1.165) is 16.5 Å². The van der Waals surface area contributed by atoms with Crippen molar-refractivity contribution in [2.75, 3.05) is 0 Å². The first-order chi connectivity index (χ1) is 11.1. The lowest BCUT2D eigenvalue weighted by Crippen LogP contribution is -2.52. The fourth-order valence-corrected chi connectivity index (χ4v) is 3.40. The molecule has 1 aromatic carbocycles. The Kier molecular flexibility index (Phi) is 2.99. The van der Waals surface area contributed by atoms with Gasteiger partial charge in [-0.05, 0) is 24.1 Å². The number of nitrogens with zero attached hydrogens (tertiary/aromatic N) is 1. The summed E-state index contributed by atoms with van der Waals surface area (Å²) in [6.07, 6.45) is 2.15. The van der Waals surface area contributed by atoms with Gasteiger partial charge in [-0.15, -0.1) is 0 Å². The second-order valence-electron chi connectivity index (χ2n) is 5.83. The molecule has 2 aromatic rings. The number of imide groups is 1. The lowest BCUT2D eigenvalue weighted by molar-refractivity contribution is -0.136. The van der Waals surface area contributed by atoms with Gasteiger partial charge in [0.2, 0.25) is 11.8 Å². The van der Waals surface area contributed by atoms with E-state index in [2.05, 4.69) is 5.32 Å². The molecule has 23 heavy (non-hydrogen) atoms. The van der Waals surface area contributed by atoms with Crippen LogP contribution >= 0.6 is 0 Å². The number of carbonyl (C=O) groups is 3. The summed E-state index contributed by atoms with van der Waals surface area (Å²) in [4.78, 5) is 37.6. The third-order valence-corrected chi connectivity index (χ3v) is 4.55. The number of carbonyl (C=O) groups excluding carboxylic acids is 3. The molecule has 7 nitrogen and oxygen atoms in total. The Balaban J connectivity index is 1.76. The zero-order valence-electron chi connectivity index (χ0n) is 12.3. The molecule has 7 heteroatoms. The van der Waals surface area contributed by atoms with Gasteiger partial charge in [-0.25, -0.2) is 0 Å². The molecule has 1 saturated heterocycles. The molecule has 1 unspecified atom stereocenters. The number of fused-ring (bicyclic) bond motifs is 3. The Morgan fingerprint density at radius 1 is 1.35 bits per heavy atom. The molecule has 0 spiro atoms. The van der Waals surface area contributed by atoms with Crippen LogP contribution in [0.4, 0.5) is 0 Å². The second kappa shape index (κ2) is 4.92. The zero-order valence-corrected chi connectivity index (χ0v) is 12.3. The van der Waals surface area contributed by atoms with E-state index < -0.39 is 11.9 Å². The Hall–Kier alpha value is -2.67. The number of furan rings is 1. The first kappa shape index (κ1) is 14.0. The summed E-state index contributed by atoms with van der Waals surface area (Å²) < 4.78 is 5.54. The lowest BCUT2D eigenvalue weighted by Gasteiger charge is -2.29. The summed E-state index contributed by atoms with van der Waals surface area (Å²) in [5.74, 6) is -0.936. The average molecular weight is 313 g/mol. The first-order valence-corrected chi connectivity index (χ1v) is 7.47. The van der Waals surface area contributed by atoms with Gasteiger partial charge < -0.3 is 15.1 Å². The zero-order chi connectivity index (χ0) is 16.1. The van der Waals surface area contributed by atoms with Crippen LogP contribution in [0, 0.1) is 0 Å². The predicted octanol–water partition coefficient (Wildman–Crippen LogP) is 0.652. The maximum Gasteiger partial charge on any atom is 0.255 e. The predicted molar refractivity (Wildman–Crippen MR) is 80.2 cm³/mol. The van der Waals surface area contributed by atoms with Crippen molar-refractivity contribution in [3.05, 3.63) is 35.1 Å². The van der Waals surface area contributed by atoms with Gasteiger partial charge >= 0.3 is 0 Å². The maximum atomic E-state index is 12.7. The Morgan fingerprint density at radius 2 is 2.17 bits per heavy atom. The van der Waals surface area contributed by atoms with Crippen molar-refractivity contribution >= 4 is 28.7 Å². The standard InChI is InChI=1S/C16H15N3O4/c17-6-8-5-10-11(14-9(8)3-4-23-14)7-19(16(10)22)12-1-2-13(20)18-15(12)21/h3-5,12H,1-2,6-7,17H2,(H,18,20,21). The van der Waals surface area contributed by atoms with Crippen LogP contribution in [0.15, 0.2) is 22.8 Å². The summed E-state index contributed by atoms with van der Waals surface area (Å²) >= 11 is 0. The highest BCUT2D eigenvalue weighted by atomic mass is 16.3. The molecule has 3 amide bonds. The Bertz CT molecular complexity index is 854. The van der Waals surface area contributed by atoms with Crippen molar-refractivity contribution in [2.45, 2.75) is 32.0 Å². The van der Waals surface area contributed by atoms with E-state index in [9.17, 15) is 14.4 Å². The quantitative estimate of drug-likeness (QED) is 0.792. The normalized spacial score (nSPS) is 21.0. The van der Waals surface area contributed by atoms with Crippen molar-refractivity contribution in [3.8, 4) is 0 Å². The number of benzene rings is 1. The van der Waals surface area contributed by atoms with E-state index in [0.29, 0.717) is 30.7 Å². The summed E-state index contributed by atoms with van der Waals surface area (Å²) in [5, 5.41) is 3.19. The molecule has 0 radical (unpaired) electrons. The molecule has 3 N–H and O–H groups in total. The van der Waals surface area contributed by atoms with Crippen LogP contribution in [0.2, 0.25) is 0 Å². The fraction of sp³-hybridized carbons (Fsp3) is 0.312. The molecule has 0 saturated carbocycles. The van der Waals surface area contributed by atoms with Crippen LogP contribution in [0.3, 0.4) is 0 Å². The number of nitrogens with one attached hydrogen (secondary N) is 1. The van der Waals surface area contributed by atoms with Crippen LogP contribution in [0.5, 0.6) is 0 Å². The van der Waals surface area contributed by atoms with Crippen LogP contribution in [0.25, 0.3) is 11.0 Å². The third kappa shape index (κ3) is 1.97. The smallest absolute Gasteiger partial charge is 0.255 e. The monoisotopic (exact) mass is 313 g/mol. The number of nitrogens with two attached hydrogens (primary N) is 1. The van der Waals surface area contributed by atoms with Gasteiger partial charge in [-0.3, -0.25) is 19.7 Å².